The molecule has 1 amide bonds. The first-order chi connectivity index (χ1) is 6.09. The highest BCUT2D eigenvalue weighted by molar-refractivity contribution is 5.87. The van der Waals surface area contributed by atoms with Gasteiger partial charge in [0.15, 0.2) is 0 Å². The molecule has 1 N–H and O–H groups in total. The second-order valence-electron chi connectivity index (χ2n) is 2.78. The van der Waals surface area contributed by atoms with Crippen LogP contribution in [0.4, 0.5) is 11.5 Å². The van der Waals surface area contributed by atoms with E-state index in [9.17, 15) is 4.79 Å². The van der Waals surface area contributed by atoms with Gasteiger partial charge in [-0.05, 0) is 6.07 Å². The smallest absolute Gasteiger partial charge is 0.223 e. The normalized spacial score (nSPS) is 9.38. The van der Waals surface area contributed by atoms with Crippen LogP contribution < -0.4 is 5.32 Å². The van der Waals surface area contributed by atoms with Gasteiger partial charge in [0.2, 0.25) is 11.6 Å². The number of rotatable bonds is 2. The Balaban J connectivity index is 2.81. The van der Waals surface area contributed by atoms with Gasteiger partial charge >= 0.3 is 0 Å². The average molecular weight is 178 g/mol. The van der Waals surface area contributed by atoms with Crippen molar-refractivity contribution in [3.05, 3.63) is 18.3 Å². The zero-order chi connectivity index (χ0) is 9.84. The second kappa shape index (κ2) is 3.80. The highest BCUT2D eigenvalue weighted by atomic mass is 16.1. The number of hydrogen-bond donors (Lipinski definition) is 1. The van der Waals surface area contributed by atoms with Crippen LogP contribution in [0, 0.1) is 0 Å². The number of anilines is 1. The minimum Gasteiger partial charge on any atom is -0.311 e. The molecule has 0 atom stereocenters. The summed E-state index contributed by atoms with van der Waals surface area (Å²) < 4.78 is 1.70. The zero-order valence-corrected chi connectivity index (χ0v) is 7.74. The molecule has 4 heteroatoms. The standard InChI is InChI=1S/C9H11N3O/c1-7(13)11-9-5-4-8(6-10-9)12(2)3/h4-6H,2H2,1,3H3/p+1. The number of pyridine rings is 1. The van der Waals surface area contributed by atoms with Gasteiger partial charge in [-0.15, -0.1) is 0 Å². The SMILES string of the molecule is C=[N+](C)c1ccc(NC(C)=O)nc1. The Morgan fingerprint density at radius 2 is 2.31 bits per heavy atom. The number of carbonyl (C=O) groups is 1. The van der Waals surface area contributed by atoms with Gasteiger partial charge in [-0.3, -0.25) is 4.79 Å². The van der Waals surface area contributed by atoms with Crippen molar-refractivity contribution in [1.29, 1.82) is 0 Å². The summed E-state index contributed by atoms with van der Waals surface area (Å²) in [5.74, 6) is 0.432. The quantitative estimate of drug-likeness (QED) is 0.542. The van der Waals surface area contributed by atoms with E-state index >= 15 is 0 Å². The van der Waals surface area contributed by atoms with Crippen molar-refractivity contribution in [1.82, 2.24) is 4.98 Å². The van der Waals surface area contributed by atoms with Crippen LogP contribution in [0.1, 0.15) is 6.92 Å². The first kappa shape index (κ1) is 9.38. The Kier molecular flexibility index (Phi) is 2.74. The highest BCUT2D eigenvalue weighted by Crippen LogP contribution is 2.10. The molecule has 0 unspecified atom stereocenters. The topological polar surface area (TPSA) is 45.0 Å². The van der Waals surface area contributed by atoms with Gasteiger partial charge in [0.25, 0.3) is 0 Å². The summed E-state index contributed by atoms with van der Waals surface area (Å²) in [6, 6.07) is 3.57. The van der Waals surface area contributed by atoms with E-state index < -0.39 is 0 Å². The maximum Gasteiger partial charge on any atom is 0.223 e. The molecule has 13 heavy (non-hydrogen) atoms. The van der Waals surface area contributed by atoms with Gasteiger partial charge in [-0.1, -0.05) is 0 Å². The van der Waals surface area contributed by atoms with Gasteiger partial charge in [-0.2, -0.15) is 0 Å². The number of aromatic nitrogens is 1. The summed E-state index contributed by atoms with van der Waals surface area (Å²) in [5.41, 5.74) is 0.897. The van der Waals surface area contributed by atoms with E-state index in [0.717, 1.165) is 5.69 Å². The van der Waals surface area contributed by atoms with E-state index in [0.29, 0.717) is 5.82 Å². The molecule has 0 fully saturated rings. The van der Waals surface area contributed by atoms with Crippen LogP contribution in [0.15, 0.2) is 18.3 Å². The number of nitrogens with one attached hydrogen (secondary N) is 1. The van der Waals surface area contributed by atoms with Crippen molar-refractivity contribution in [3.63, 3.8) is 0 Å². The molecule has 0 saturated carbocycles. The van der Waals surface area contributed by atoms with Crippen molar-refractivity contribution >= 4 is 24.1 Å². The summed E-state index contributed by atoms with van der Waals surface area (Å²) in [6.07, 6.45) is 1.65. The summed E-state index contributed by atoms with van der Waals surface area (Å²) >= 11 is 0. The zero-order valence-electron chi connectivity index (χ0n) is 7.74. The maximum absolute atomic E-state index is 10.7. The van der Waals surface area contributed by atoms with Crippen molar-refractivity contribution in [2.24, 2.45) is 0 Å². The van der Waals surface area contributed by atoms with Crippen LogP contribution in [0.2, 0.25) is 0 Å². The Hall–Kier alpha value is -1.71. The summed E-state index contributed by atoms with van der Waals surface area (Å²) in [4.78, 5) is 14.7. The Bertz CT molecular complexity index is 329. The Labute approximate surface area is 76.9 Å². The molecule has 0 radical (unpaired) electrons. The average Bonchev–Trinajstić information content (AvgIpc) is 2.04. The van der Waals surface area contributed by atoms with E-state index in [-0.39, 0.29) is 5.91 Å². The second-order valence-corrected chi connectivity index (χ2v) is 2.78. The van der Waals surface area contributed by atoms with E-state index in [1.165, 1.54) is 6.92 Å². The van der Waals surface area contributed by atoms with Crippen LogP contribution >= 0.6 is 0 Å². The van der Waals surface area contributed by atoms with Gasteiger partial charge in [0.05, 0.1) is 0 Å². The minimum absolute atomic E-state index is 0.122. The molecule has 0 aliphatic heterocycles. The summed E-state index contributed by atoms with van der Waals surface area (Å²) in [5, 5.41) is 2.58. The molecular weight excluding hydrogens is 166 g/mol. The lowest BCUT2D eigenvalue weighted by Gasteiger charge is -1.99. The molecule has 1 heterocycles. The summed E-state index contributed by atoms with van der Waals surface area (Å²) in [7, 11) is 1.83. The molecule has 0 bridgehead atoms. The third kappa shape index (κ3) is 2.66. The number of carbonyl (C=O) groups excluding carboxylic acids is 1. The summed E-state index contributed by atoms with van der Waals surface area (Å²) in [6.45, 7) is 5.15. The Morgan fingerprint density at radius 1 is 1.62 bits per heavy atom. The third-order valence-corrected chi connectivity index (χ3v) is 1.49. The molecule has 1 aromatic heterocycles. The molecular formula is C9H12N3O+. The van der Waals surface area contributed by atoms with Crippen LogP contribution in [0.5, 0.6) is 0 Å². The van der Waals surface area contributed by atoms with E-state index in [1.807, 2.05) is 13.1 Å². The molecule has 0 aliphatic carbocycles. The predicted molar refractivity (Wildman–Crippen MR) is 51.5 cm³/mol. The fourth-order valence-electron chi connectivity index (χ4n) is 0.866. The molecule has 4 nitrogen and oxygen atoms in total. The molecule has 0 saturated heterocycles. The van der Waals surface area contributed by atoms with E-state index in [2.05, 4.69) is 17.0 Å². The fourth-order valence-corrected chi connectivity index (χ4v) is 0.866. The lowest BCUT2D eigenvalue weighted by molar-refractivity contribution is -0.395. The molecule has 0 aromatic carbocycles. The lowest BCUT2D eigenvalue weighted by Crippen LogP contribution is -2.07. The van der Waals surface area contributed by atoms with Crippen molar-refractivity contribution in [2.45, 2.75) is 6.92 Å². The molecule has 68 valence electrons. The van der Waals surface area contributed by atoms with Crippen LogP contribution in [-0.2, 0) is 4.79 Å². The van der Waals surface area contributed by atoms with Gasteiger partial charge < -0.3 is 5.32 Å². The lowest BCUT2D eigenvalue weighted by atomic mass is 10.4. The number of hydrogen-bond acceptors (Lipinski definition) is 2. The van der Waals surface area contributed by atoms with Crippen molar-refractivity contribution < 1.29 is 9.37 Å². The van der Waals surface area contributed by atoms with Gasteiger partial charge in [0.1, 0.15) is 25.8 Å². The van der Waals surface area contributed by atoms with Gasteiger partial charge in [0, 0.05) is 13.0 Å². The number of amides is 1. The van der Waals surface area contributed by atoms with Crippen LogP contribution in [-0.4, -0.2) is 29.2 Å². The minimum atomic E-state index is -0.122. The highest BCUT2D eigenvalue weighted by Gasteiger charge is 2.01. The third-order valence-electron chi connectivity index (χ3n) is 1.49. The van der Waals surface area contributed by atoms with Crippen LogP contribution in [0.3, 0.4) is 0 Å². The predicted octanol–water partition coefficient (Wildman–Crippen LogP) is 1.01. The molecule has 0 aliphatic rings. The van der Waals surface area contributed by atoms with E-state index in [4.69, 9.17) is 0 Å². The maximum atomic E-state index is 10.7. The van der Waals surface area contributed by atoms with Crippen molar-refractivity contribution in [2.75, 3.05) is 12.4 Å². The Morgan fingerprint density at radius 3 is 2.69 bits per heavy atom. The first-order valence-electron chi connectivity index (χ1n) is 3.87. The van der Waals surface area contributed by atoms with Crippen molar-refractivity contribution in [3.8, 4) is 0 Å². The number of nitrogens with zero attached hydrogens (tertiary/aromatic N) is 2. The van der Waals surface area contributed by atoms with Crippen LogP contribution in [0.25, 0.3) is 0 Å². The fraction of sp³-hybridized carbons (Fsp3) is 0.222. The first-order valence-corrected chi connectivity index (χ1v) is 3.87. The molecule has 1 rings (SSSR count). The van der Waals surface area contributed by atoms with E-state index in [1.54, 1.807) is 16.8 Å². The van der Waals surface area contributed by atoms with Gasteiger partial charge in [-0.25, -0.2) is 9.56 Å². The molecule has 1 aromatic rings. The monoisotopic (exact) mass is 178 g/mol. The largest absolute Gasteiger partial charge is 0.311 e. The molecule has 0 spiro atoms.